The lowest BCUT2D eigenvalue weighted by atomic mass is 10.2. The van der Waals surface area contributed by atoms with Gasteiger partial charge in [0.15, 0.2) is 5.76 Å². The summed E-state index contributed by atoms with van der Waals surface area (Å²) in [6.07, 6.45) is 1.96. The smallest absolute Gasteiger partial charge is 0.242 e. The van der Waals surface area contributed by atoms with Gasteiger partial charge in [-0.3, -0.25) is 9.59 Å². The van der Waals surface area contributed by atoms with Gasteiger partial charge in [0.25, 0.3) is 0 Å². The van der Waals surface area contributed by atoms with Crippen molar-refractivity contribution < 1.29 is 18.5 Å². The van der Waals surface area contributed by atoms with E-state index in [1.165, 1.54) is 6.26 Å². The number of hydrogen-bond acceptors (Lipinski definition) is 6. The zero-order valence-electron chi connectivity index (χ0n) is 15.6. The predicted molar refractivity (Wildman–Crippen MR) is 101 cm³/mol. The number of hydrogen-bond donors (Lipinski definition) is 1. The minimum atomic E-state index is -0.248. The summed E-state index contributed by atoms with van der Waals surface area (Å²) in [6, 6.07) is 13.2. The van der Waals surface area contributed by atoms with Gasteiger partial charge in [-0.25, -0.2) is 0 Å². The fraction of sp³-hybridized carbons (Fsp3) is 0.300. The van der Waals surface area contributed by atoms with E-state index >= 15 is 0 Å². The lowest BCUT2D eigenvalue weighted by molar-refractivity contribution is -0.133. The molecule has 8 nitrogen and oxygen atoms in total. The van der Waals surface area contributed by atoms with Crippen molar-refractivity contribution in [3.05, 3.63) is 60.2 Å². The summed E-state index contributed by atoms with van der Waals surface area (Å²) < 4.78 is 10.3. The molecule has 0 aliphatic heterocycles. The number of amides is 2. The Morgan fingerprint density at radius 2 is 1.96 bits per heavy atom. The summed E-state index contributed by atoms with van der Waals surface area (Å²) in [6.45, 7) is 2.96. The van der Waals surface area contributed by atoms with Gasteiger partial charge in [0.2, 0.25) is 23.5 Å². The number of likely N-dealkylation sites (N-methyl/N-ethyl adjacent to an activating group) is 1. The third-order valence-electron chi connectivity index (χ3n) is 4.16. The molecule has 0 saturated carbocycles. The Labute approximate surface area is 162 Å². The second-order valence-electron chi connectivity index (χ2n) is 6.16. The average Bonchev–Trinajstić information content (AvgIpc) is 3.41. The van der Waals surface area contributed by atoms with Gasteiger partial charge in [-0.2, -0.15) is 4.98 Å². The first kappa shape index (κ1) is 19.3. The third kappa shape index (κ3) is 5.29. The van der Waals surface area contributed by atoms with Gasteiger partial charge in [0.05, 0.1) is 12.8 Å². The van der Waals surface area contributed by atoms with Gasteiger partial charge in [-0.05, 0) is 24.6 Å². The van der Waals surface area contributed by atoms with Crippen LogP contribution in [0.3, 0.4) is 0 Å². The zero-order chi connectivity index (χ0) is 19.8. The summed E-state index contributed by atoms with van der Waals surface area (Å²) >= 11 is 0. The molecular formula is C20H22N4O4. The number of aryl methyl sites for hydroxylation is 1. The first-order valence-electron chi connectivity index (χ1n) is 9.10. The van der Waals surface area contributed by atoms with Crippen LogP contribution in [0.25, 0.3) is 11.6 Å². The number of rotatable bonds is 9. The molecule has 0 spiro atoms. The molecule has 3 rings (SSSR count). The highest BCUT2D eigenvalue weighted by Gasteiger charge is 2.15. The average molecular weight is 382 g/mol. The second kappa shape index (κ2) is 9.50. The minimum Gasteiger partial charge on any atom is -0.461 e. The van der Waals surface area contributed by atoms with Gasteiger partial charge in [0.1, 0.15) is 0 Å². The van der Waals surface area contributed by atoms with Gasteiger partial charge in [0, 0.05) is 25.9 Å². The highest BCUT2D eigenvalue weighted by molar-refractivity contribution is 5.84. The van der Waals surface area contributed by atoms with Crippen LogP contribution in [0.4, 0.5) is 0 Å². The Morgan fingerprint density at radius 3 is 2.68 bits per heavy atom. The predicted octanol–water partition coefficient (Wildman–Crippen LogP) is 2.43. The Hall–Kier alpha value is -3.42. The molecule has 0 aliphatic rings. The van der Waals surface area contributed by atoms with E-state index in [2.05, 4.69) is 15.5 Å². The molecule has 1 aromatic carbocycles. The number of aromatic nitrogens is 2. The molecule has 3 aromatic rings. The highest BCUT2D eigenvalue weighted by Crippen LogP contribution is 2.16. The van der Waals surface area contributed by atoms with E-state index in [1.54, 1.807) is 17.0 Å². The van der Waals surface area contributed by atoms with E-state index in [1.807, 2.05) is 37.3 Å². The van der Waals surface area contributed by atoms with Crippen molar-refractivity contribution in [2.45, 2.75) is 26.3 Å². The van der Waals surface area contributed by atoms with Crippen LogP contribution in [0.5, 0.6) is 0 Å². The molecule has 0 bridgehead atoms. The monoisotopic (exact) mass is 382 g/mol. The molecule has 0 aliphatic carbocycles. The normalized spacial score (nSPS) is 10.6. The Balaban J connectivity index is 1.42. The van der Waals surface area contributed by atoms with Crippen molar-refractivity contribution in [1.29, 1.82) is 0 Å². The largest absolute Gasteiger partial charge is 0.461 e. The first-order chi connectivity index (χ1) is 13.7. The second-order valence-corrected chi connectivity index (χ2v) is 6.16. The van der Waals surface area contributed by atoms with Gasteiger partial charge in [-0.1, -0.05) is 35.5 Å². The van der Waals surface area contributed by atoms with E-state index in [-0.39, 0.29) is 31.2 Å². The lowest BCUT2D eigenvalue weighted by Gasteiger charge is -2.21. The minimum absolute atomic E-state index is 0.0407. The maximum atomic E-state index is 12.4. The van der Waals surface area contributed by atoms with Crippen molar-refractivity contribution >= 4 is 11.8 Å². The Morgan fingerprint density at radius 1 is 1.14 bits per heavy atom. The zero-order valence-corrected chi connectivity index (χ0v) is 15.6. The Bertz CT molecular complexity index is 890. The number of nitrogens with zero attached hydrogens (tertiary/aromatic N) is 3. The number of nitrogens with one attached hydrogen (secondary N) is 1. The van der Waals surface area contributed by atoms with Crippen molar-refractivity contribution in [3.8, 4) is 11.6 Å². The number of carbonyl (C=O) groups is 2. The molecule has 2 amide bonds. The summed E-state index contributed by atoms with van der Waals surface area (Å²) in [7, 11) is 0. The van der Waals surface area contributed by atoms with E-state index in [0.29, 0.717) is 30.6 Å². The number of benzene rings is 1. The number of furan rings is 1. The molecule has 1 N–H and O–H groups in total. The fourth-order valence-corrected chi connectivity index (χ4v) is 2.64. The van der Waals surface area contributed by atoms with Crippen LogP contribution < -0.4 is 5.32 Å². The van der Waals surface area contributed by atoms with E-state index in [4.69, 9.17) is 8.94 Å². The van der Waals surface area contributed by atoms with Crippen molar-refractivity contribution in [3.63, 3.8) is 0 Å². The molecule has 0 fully saturated rings. The molecule has 0 atom stereocenters. The van der Waals surface area contributed by atoms with Gasteiger partial charge >= 0.3 is 0 Å². The lowest BCUT2D eigenvalue weighted by Crippen LogP contribution is -2.39. The van der Waals surface area contributed by atoms with E-state index in [9.17, 15) is 9.59 Å². The molecule has 28 heavy (non-hydrogen) atoms. The van der Waals surface area contributed by atoms with Crippen LogP contribution in [0.2, 0.25) is 0 Å². The van der Waals surface area contributed by atoms with Gasteiger partial charge < -0.3 is 19.2 Å². The molecule has 2 aromatic heterocycles. The highest BCUT2D eigenvalue weighted by atomic mass is 16.5. The SMILES string of the molecule is CCN(Cc1ccccc1)C(=O)CNC(=O)CCc1nc(-c2ccco2)no1. The van der Waals surface area contributed by atoms with Crippen LogP contribution in [0.15, 0.2) is 57.7 Å². The maximum absolute atomic E-state index is 12.4. The summed E-state index contributed by atoms with van der Waals surface area (Å²) in [5, 5.41) is 6.46. The van der Waals surface area contributed by atoms with Crippen molar-refractivity contribution in [2.75, 3.05) is 13.1 Å². The Kier molecular flexibility index (Phi) is 6.56. The van der Waals surface area contributed by atoms with Gasteiger partial charge in [-0.15, -0.1) is 0 Å². The van der Waals surface area contributed by atoms with Crippen LogP contribution in [-0.2, 0) is 22.6 Å². The summed E-state index contributed by atoms with van der Waals surface area (Å²) in [5.41, 5.74) is 1.05. The molecule has 8 heteroatoms. The molecular weight excluding hydrogens is 360 g/mol. The van der Waals surface area contributed by atoms with Crippen LogP contribution in [0, 0.1) is 0 Å². The van der Waals surface area contributed by atoms with E-state index < -0.39 is 0 Å². The topological polar surface area (TPSA) is 101 Å². The molecule has 0 unspecified atom stereocenters. The quantitative estimate of drug-likeness (QED) is 0.610. The maximum Gasteiger partial charge on any atom is 0.242 e. The molecule has 0 saturated heterocycles. The van der Waals surface area contributed by atoms with Crippen molar-refractivity contribution in [2.24, 2.45) is 0 Å². The summed E-state index contributed by atoms with van der Waals surface area (Å²) in [5.74, 6) is 0.810. The first-order valence-corrected chi connectivity index (χ1v) is 9.10. The van der Waals surface area contributed by atoms with Crippen molar-refractivity contribution in [1.82, 2.24) is 20.4 Å². The number of carbonyl (C=O) groups excluding carboxylic acids is 2. The fourth-order valence-electron chi connectivity index (χ4n) is 2.64. The molecule has 0 radical (unpaired) electrons. The standard InChI is InChI=1S/C20H22N4O4/c1-2-24(14-15-7-4-3-5-8-15)19(26)13-21-17(25)10-11-18-22-20(23-28-18)16-9-6-12-27-16/h3-9,12H,2,10-11,13-14H2,1H3,(H,21,25). The molecule has 146 valence electrons. The van der Waals surface area contributed by atoms with Crippen LogP contribution in [-0.4, -0.2) is 39.9 Å². The summed E-state index contributed by atoms with van der Waals surface area (Å²) in [4.78, 5) is 30.3. The van der Waals surface area contributed by atoms with E-state index in [0.717, 1.165) is 5.56 Å². The van der Waals surface area contributed by atoms with Crippen LogP contribution in [0.1, 0.15) is 24.8 Å². The molecule has 2 heterocycles. The van der Waals surface area contributed by atoms with Crippen LogP contribution >= 0.6 is 0 Å². The third-order valence-corrected chi connectivity index (χ3v) is 4.16.